The second-order valence-electron chi connectivity index (χ2n) is 9.74. The average Bonchev–Trinajstić information content (AvgIpc) is 3.16. The van der Waals surface area contributed by atoms with Crippen molar-refractivity contribution >= 4 is 50.7 Å². The van der Waals surface area contributed by atoms with Crippen LogP contribution in [0.5, 0.6) is 5.75 Å². The SMILES string of the molecule is O=C1C=C(Br)C(=O)C2=C1C(c1ccccc1O)C1=CCC3C(=O)N(c4cccc([N+](=O)[O-])c4)C(=O)C3C1C2. The topological polar surface area (TPSA) is 135 Å². The molecule has 1 aliphatic heterocycles. The van der Waals surface area contributed by atoms with Crippen molar-refractivity contribution < 1.29 is 29.2 Å². The maximum atomic E-state index is 13.8. The highest BCUT2D eigenvalue weighted by atomic mass is 79.9. The number of aromatic hydroxyl groups is 1. The van der Waals surface area contributed by atoms with Gasteiger partial charge in [0.2, 0.25) is 11.8 Å². The summed E-state index contributed by atoms with van der Waals surface area (Å²) in [5, 5.41) is 22.0. The minimum absolute atomic E-state index is 0.0473. The number of para-hydroxylation sites is 1. The number of allylic oxidation sites excluding steroid dienone is 6. The number of phenolic OH excluding ortho intramolecular Hbond substituents is 1. The molecular formula is C28H19BrN2O7. The van der Waals surface area contributed by atoms with E-state index in [0.29, 0.717) is 11.1 Å². The van der Waals surface area contributed by atoms with Gasteiger partial charge in [-0.15, -0.1) is 0 Å². The number of benzene rings is 2. The van der Waals surface area contributed by atoms with Gasteiger partial charge in [0.05, 0.1) is 26.9 Å². The number of carbonyl (C=O) groups is 4. The van der Waals surface area contributed by atoms with Crippen LogP contribution in [-0.2, 0) is 19.2 Å². The Balaban J connectivity index is 1.48. The molecule has 2 aromatic rings. The van der Waals surface area contributed by atoms with Crippen LogP contribution in [0.3, 0.4) is 0 Å². The van der Waals surface area contributed by atoms with Gasteiger partial charge in [-0.1, -0.05) is 35.9 Å². The Kier molecular flexibility index (Phi) is 5.53. The molecule has 2 amide bonds. The lowest BCUT2D eigenvalue weighted by molar-refractivity contribution is -0.384. The van der Waals surface area contributed by atoms with Crippen molar-refractivity contribution in [2.24, 2.45) is 17.8 Å². The minimum Gasteiger partial charge on any atom is -0.508 e. The second-order valence-corrected chi connectivity index (χ2v) is 10.6. The van der Waals surface area contributed by atoms with Crippen molar-refractivity contribution in [3.63, 3.8) is 0 Å². The number of amides is 2. The second kappa shape index (κ2) is 8.70. The molecule has 1 N–H and O–H groups in total. The largest absolute Gasteiger partial charge is 0.508 e. The van der Waals surface area contributed by atoms with Gasteiger partial charge >= 0.3 is 0 Å². The van der Waals surface area contributed by atoms with Crippen LogP contribution in [0.1, 0.15) is 24.3 Å². The molecule has 0 bridgehead atoms. The molecule has 2 aromatic carbocycles. The molecule has 10 heteroatoms. The van der Waals surface area contributed by atoms with Gasteiger partial charge in [-0.2, -0.15) is 0 Å². The van der Waals surface area contributed by atoms with E-state index in [0.717, 1.165) is 4.90 Å². The zero-order chi connectivity index (χ0) is 26.9. The van der Waals surface area contributed by atoms with Crippen LogP contribution in [0.15, 0.2) is 81.9 Å². The number of nitro benzene ring substituents is 1. The molecule has 9 nitrogen and oxygen atoms in total. The van der Waals surface area contributed by atoms with Crippen molar-refractivity contribution in [2.45, 2.75) is 18.8 Å². The van der Waals surface area contributed by atoms with E-state index in [1.165, 1.54) is 36.4 Å². The van der Waals surface area contributed by atoms with Gasteiger partial charge in [0.1, 0.15) is 5.75 Å². The summed E-state index contributed by atoms with van der Waals surface area (Å²) in [5.74, 6) is -4.59. The van der Waals surface area contributed by atoms with Crippen LogP contribution >= 0.6 is 15.9 Å². The highest BCUT2D eigenvalue weighted by Crippen LogP contribution is 2.56. The number of non-ortho nitro benzene ring substituents is 1. The molecule has 0 saturated carbocycles. The Morgan fingerprint density at radius 3 is 2.50 bits per heavy atom. The summed E-state index contributed by atoms with van der Waals surface area (Å²) in [6.45, 7) is 0. The predicted octanol–water partition coefficient (Wildman–Crippen LogP) is 4.27. The van der Waals surface area contributed by atoms with Gasteiger partial charge in [-0.25, -0.2) is 4.90 Å². The minimum atomic E-state index is -0.822. The van der Waals surface area contributed by atoms with E-state index >= 15 is 0 Å². The number of halogens is 1. The molecule has 190 valence electrons. The lowest BCUT2D eigenvalue weighted by atomic mass is 9.59. The summed E-state index contributed by atoms with van der Waals surface area (Å²) >= 11 is 3.18. The van der Waals surface area contributed by atoms with Crippen molar-refractivity contribution in [3.05, 3.63) is 97.6 Å². The summed E-state index contributed by atoms with van der Waals surface area (Å²) in [6, 6.07) is 11.9. The number of fused-ring (bicyclic) bond motifs is 3. The van der Waals surface area contributed by atoms with Crippen molar-refractivity contribution in [1.29, 1.82) is 0 Å². The van der Waals surface area contributed by atoms with Gasteiger partial charge in [0, 0.05) is 40.8 Å². The molecule has 1 heterocycles. The highest BCUT2D eigenvalue weighted by Gasteiger charge is 2.57. The van der Waals surface area contributed by atoms with E-state index < -0.39 is 40.4 Å². The number of nitro groups is 1. The first-order valence-corrected chi connectivity index (χ1v) is 12.8. The third kappa shape index (κ3) is 3.43. The molecule has 0 aromatic heterocycles. The number of nitrogens with zero attached hydrogens (tertiary/aromatic N) is 2. The lowest BCUT2D eigenvalue weighted by Crippen LogP contribution is -2.39. The standard InChI is InChI=1S/C28H19BrN2O7/c29-20-12-22(33)25-19(26(20)34)11-18-15(23(25)16-6-1-2-7-21(16)32)8-9-17-24(18)28(36)30(27(17)35)13-4-3-5-14(10-13)31(37)38/h1-8,10,12,17-18,23-24,32H,9,11H2. The quantitative estimate of drug-likeness (QED) is 0.190. The summed E-state index contributed by atoms with van der Waals surface area (Å²) in [5.41, 5.74) is 1.55. The molecule has 4 atom stereocenters. The van der Waals surface area contributed by atoms with Gasteiger partial charge in [0.25, 0.3) is 5.69 Å². The third-order valence-electron chi connectivity index (χ3n) is 7.88. The number of imide groups is 1. The van der Waals surface area contributed by atoms with E-state index in [1.807, 2.05) is 6.08 Å². The zero-order valence-electron chi connectivity index (χ0n) is 19.7. The average molecular weight is 575 g/mol. The number of hydrogen-bond acceptors (Lipinski definition) is 7. The first-order valence-electron chi connectivity index (χ1n) is 12.0. The summed E-state index contributed by atoms with van der Waals surface area (Å²) in [7, 11) is 0. The Morgan fingerprint density at radius 2 is 1.76 bits per heavy atom. The van der Waals surface area contributed by atoms with Gasteiger partial charge in [-0.05, 0) is 46.8 Å². The fraction of sp³-hybridized carbons (Fsp3) is 0.214. The smallest absolute Gasteiger partial charge is 0.271 e. The van der Waals surface area contributed by atoms with Gasteiger partial charge in [0.15, 0.2) is 11.6 Å². The first-order chi connectivity index (χ1) is 18.2. The number of hydrogen-bond donors (Lipinski definition) is 1. The molecule has 1 fully saturated rings. The molecule has 0 spiro atoms. The number of Topliss-reactive ketones (excluding diaryl/α,β-unsaturated/α-hetero) is 1. The summed E-state index contributed by atoms with van der Waals surface area (Å²) < 4.78 is 0.115. The van der Waals surface area contributed by atoms with E-state index in [4.69, 9.17) is 0 Å². The molecule has 4 aliphatic rings. The Bertz CT molecular complexity index is 1590. The van der Waals surface area contributed by atoms with Crippen LogP contribution in [0.2, 0.25) is 0 Å². The monoisotopic (exact) mass is 574 g/mol. The number of phenols is 1. The van der Waals surface area contributed by atoms with Crippen molar-refractivity contribution in [2.75, 3.05) is 4.90 Å². The van der Waals surface area contributed by atoms with Gasteiger partial charge in [-0.3, -0.25) is 29.3 Å². The first kappa shape index (κ1) is 24.2. The van der Waals surface area contributed by atoms with E-state index in [-0.39, 0.29) is 57.2 Å². The molecule has 0 radical (unpaired) electrons. The molecule has 1 saturated heterocycles. The van der Waals surface area contributed by atoms with E-state index in [2.05, 4.69) is 15.9 Å². The number of ketones is 2. The zero-order valence-corrected chi connectivity index (χ0v) is 21.3. The van der Waals surface area contributed by atoms with Crippen LogP contribution in [0.4, 0.5) is 11.4 Å². The highest BCUT2D eigenvalue weighted by molar-refractivity contribution is 9.12. The number of anilines is 1. The van der Waals surface area contributed by atoms with Gasteiger partial charge < -0.3 is 5.11 Å². The maximum absolute atomic E-state index is 13.8. The fourth-order valence-electron chi connectivity index (χ4n) is 6.29. The molecular weight excluding hydrogens is 556 g/mol. The number of rotatable bonds is 3. The molecule has 38 heavy (non-hydrogen) atoms. The summed E-state index contributed by atoms with van der Waals surface area (Å²) in [4.78, 5) is 65.5. The van der Waals surface area contributed by atoms with Crippen LogP contribution in [0, 0.1) is 27.9 Å². The Labute approximate surface area is 224 Å². The van der Waals surface area contributed by atoms with E-state index in [9.17, 15) is 34.4 Å². The lowest BCUT2D eigenvalue weighted by Gasteiger charge is -2.42. The van der Waals surface area contributed by atoms with E-state index in [1.54, 1.807) is 18.2 Å². The van der Waals surface area contributed by atoms with Crippen LogP contribution in [0.25, 0.3) is 0 Å². The Morgan fingerprint density at radius 1 is 1.00 bits per heavy atom. The van der Waals surface area contributed by atoms with Crippen LogP contribution in [-0.4, -0.2) is 33.4 Å². The third-order valence-corrected chi connectivity index (χ3v) is 8.47. The molecule has 6 rings (SSSR count). The fourth-order valence-corrected chi connectivity index (χ4v) is 6.74. The number of carbonyl (C=O) groups excluding carboxylic acids is 4. The van der Waals surface area contributed by atoms with Crippen LogP contribution < -0.4 is 4.90 Å². The maximum Gasteiger partial charge on any atom is 0.271 e. The summed E-state index contributed by atoms with van der Waals surface area (Å²) in [6.07, 6.45) is 3.39. The van der Waals surface area contributed by atoms with Crippen molar-refractivity contribution in [3.8, 4) is 5.75 Å². The normalized spacial score (nSPS) is 26.5. The Hall–Kier alpha value is -4.18. The molecule has 3 aliphatic carbocycles. The predicted molar refractivity (Wildman–Crippen MR) is 138 cm³/mol. The van der Waals surface area contributed by atoms with Crippen molar-refractivity contribution in [1.82, 2.24) is 0 Å². The molecule has 4 unspecified atom stereocenters.